The standard InChI is InChI=1S/C18H23N5O2/c1-12-6-4-8-20-14(12)17(25)23-9-5-7-18(2,11-23)15-13(10-21-22-15)16(24)19-3/h4,6,8,10H,5,7,9,11H2,1-3H3,(H,19,24)(H,21,22). The number of likely N-dealkylation sites (tertiary alicyclic amines) is 1. The Balaban J connectivity index is 1.88. The lowest BCUT2D eigenvalue weighted by Gasteiger charge is -2.40. The van der Waals surface area contributed by atoms with Gasteiger partial charge in [-0.15, -0.1) is 0 Å². The number of aromatic amines is 1. The Morgan fingerprint density at radius 1 is 1.40 bits per heavy atom. The molecule has 7 heteroatoms. The number of nitrogens with zero attached hydrogens (tertiary/aromatic N) is 3. The molecule has 3 heterocycles. The molecule has 0 bridgehead atoms. The second kappa shape index (κ2) is 6.66. The molecule has 0 aromatic carbocycles. The average Bonchev–Trinajstić information content (AvgIpc) is 3.12. The molecule has 0 radical (unpaired) electrons. The van der Waals surface area contributed by atoms with Gasteiger partial charge in [-0.3, -0.25) is 19.7 Å². The SMILES string of the molecule is CNC(=O)c1cn[nH]c1C1(C)CCCN(C(=O)c2ncccc2C)C1. The van der Waals surface area contributed by atoms with Gasteiger partial charge in [0.1, 0.15) is 5.69 Å². The van der Waals surface area contributed by atoms with Crippen molar-refractivity contribution in [3.63, 3.8) is 0 Å². The number of carbonyl (C=O) groups is 2. The van der Waals surface area contributed by atoms with Gasteiger partial charge in [-0.25, -0.2) is 0 Å². The molecule has 1 saturated heterocycles. The van der Waals surface area contributed by atoms with Crippen LogP contribution in [0.3, 0.4) is 0 Å². The van der Waals surface area contributed by atoms with E-state index >= 15 is 0 Å². The Kier molecular flexibility index (Phi) is 4.57. The molecular weight excluding hydrogens is 318 g/mol. The summed E-state index contributed by atoms with van der Waals surface area (Å²) in [4.78, 5) is 31.1. The number of piperidine rings is 1. The number of carbonyl (C=O) groups excluding carboxylic acids is 2. The van der Waals surface area contributed by atoms with Gasteiger partial charge in [-0.2, -0.15) is 5.10 Å². The zero-order valence-corrected chi connectivity index (χ0v) is 14.8. The molecule has 1 aliphatic rings. The van der Waals surface area contributed by atoms with E-state index in [9.17, 15) is 9.59 Å². The normalized spacial score (nSPS) is 20.4. The van der Waals surface area contributed by atoms with E-state index in [1.807, 2.05) is 24.0 Å². The van der Waals surface area contributed by atoms with Gasteiger partial charge in [-0.05, 0) is 31.4 Å². The lowest BCUT2D eigenvalue weighted by molar-refractivity contribution is 0.0640. The van der Waals surface area contributed by atoms with Gasteiger partial charge in [-0.1, -0.05) is 13.0 Å². The summed E-state index contributed by atoms with van der Waals surface area (Å²) >= 11 is 0. The number of pyridine rings is 1. The first-order valence-corrected chi connectivity index (χ1v) is 8.43. The predicted molar refractivity (Wildman–Crippen MR) is 93.4 cm³/mol. The Hall–Kier alpha value is -2.70. The molecule has 0 aliphatic carbocycles. The second-order valence-electron chi connectivity index (χ2n) is 6.80. The van der Waals surface area contributed by atoms with E-state index in [-0.39, 0.29) is 17.2 Å². The number of amides is 2. The summed E-state index contributed by atoms with van der Waals surface area (Å²) in [6.07, 6.45) is 4.93. The number of rotatable bonds is 3. The number of H-pyrrole nitrogens is 1. The maximum Gasteiger partial charge on any atom is 0.272 e. The highest BCUT2D eigenvalue weighted by atomic mass is 16.2. The largest absolute Gasteiger partial charge is 0.355 e. The molecule has 7 nitrogen and oxygen atoms in total. The van der Waals surface area contributed by atoms with Crippen LogP contribution in [-0.4, -0.2) is 52.0 Å². The molecule has 2 amide bonds. The molecule has 132 valence electrons. The van der Waals surface area contributed by atoms with Crippen molar-refractivity contribution in [1.29, 1.82) is 0 Å². The molecule has 0 spiro atoms. The van der Waals surface area contributed by atoms with Crippen LogP contribution in [0.15, 0.2) is 24.5 Å². The molecule has 2 N–H and O–H groups in total. The summed E-state index contributed by atoms with van der Waals surface area (Å²) in [5.74, 6) is -0.237. The summed E-state index contributed by atoms with van der Waals surface area (Å²) in [6, 6.07) is 3.72. The maximum absolute atomic E-state index is 12.9. The molecular formula is C18H23N5O2. The van der Waals surface area contributed by atoms with Gasteiger partial charge in [0.05, 0.1) is 17.5 Å². The Morgan fingerprint density at radius 3 is 2.92 bits per heavy atom. The van der Waals surface area contributed by atoms with Gasteiger partial charge in [0.25, 0.3) is 11.8 Å². The van der Waals surface area contributed by atoms with Gasteiger partial charge >= 0.3 is 0 Å². The number of aromatic nitrogens is 3. The fourth-order valence-corrected chi connectivity index (χ4v) is 3.53. The highest BCUT2D eigenvalue weighted by Crippen LogP contribution is 2.35. The monoisotopic (exact) mass is 341 g/mol. The first-order chi connectivity index (χ1) is 12.0. The van der Waals surface area contributed by atoms with E-state index in [4.69, 9.17) is 0 Å². The molecule has 2 aromatic heterocycles. The van der Waals surface area contributed by atoms with Crippen LogP contribution in [0.1, 0.15) is 51.9 Å². The van der Waals surface area contributed by atoms with E-state index in [0.717, 1.165) is 24.1 Å². The van der Waals surface area contributed by atoms with E-state index in [1.54, 1.807) is 19.4 Å². The van der Waals surface area contributed by atoms with Gasteiger partial charge in [0.2, 0.25) is 0 Å². The summed E-state index contributed by atoms with van der Waals surface area (Å²) in [6.45, 7) is 5.17. The van der Waals surface area contributed by atoms with Crippen LogP contribution in [0.25, 0.3) is 0 Å². The van der Waals surface area contributed by atoms with E-state index in [1.165, 1.54) is 0 Å². The molecule has 25 heavy (non-hydrogen) atoms. The lowest BCUT2D eigenvalue weighted by atomic mass is 9.77. The number of nitrogens with one attached hydrogen (secondary N) is 2. The third kappa shape index (κ3) is 3.14. The zero-order valence-electron chi connectivity index (χ0n) is 14.8. The molecule has 1 aliphatic heterocycles. The maximum atomic E-state index is 12.9. The van der Waals surface area contributed by atoms with Crippen molar-refractivity contribution < 1.29 is 9.59 Å². The van der Waals surface area contributed by atoms with Crippen molar-refractivity contribution in [2.45, 2.75) is 32.1 Å². The van der Waals surface area contributed by atoms with Gasteiger partial charge in [0, 0.05) is 31.7 Å². The zero-order chi connectivity index (χ0) is 18.0. The fraction of sp³-hybridized carbons (Fsp3) is 0.444. The quantitative estimate of drug-likeness (QED) is 0.888. The summed E-state index contributed by atoms with van der Waals surface area (Å²) < 4.78 is 0. The lowest BCUT2D eigenvalue weighted by Crippen LogP contribution is -2.48. The third-order valence-corrected chi connectivity index (χ3v) is 4.91. The highest BCUT2D eigenvalue weighted by molar-refractivity contribution is 5.95. The van der Waals surface area contributed by atoms with Crippen LogP contribution in [0.5, 0.6) is 0 Å². The molecule has 2 aromatic rings. The molecule has 1 atom stereocenters. The predicted octanol–water partition coefficient (Wildman–Crippen LogP) is 1.67. The molecule has 3 rings (SSSR count). The van der Waals surface area contributed by atoms with Crippen molar-refractivity contribution in [3.05, 3.63) is 47.0 Å². The molecule has 1 fully saturated rings. The Morgan fingerprint density at radius 2 is 2.20 bits per heavy atom. The van der Waals surface area contributed by atoms with Crippen molar-refractivity contribution in [1.82, 2.24) is 25.4 Å². The summed E-state index contributed by atoms with van der Waals surface area (Å²) in [5, 5.41) is 9.67. The number of aryl methyl sites for hydroxylation is 1. The Bertz CT molecular complexity index is 800. The smallest absolute Gasteiger partial charge is 0.272 e. The minimum Gasteiger partial charge on any atom is -0.355 e. The fourth-order valence-electron chi connectivity index (χ4n) is 3.53. The molecule has 1 unspecified atom stereocenters. The average molecular weight is 341 g/mol. The second-order valence-corrected chi connectivity index (χ2v) is 6.80. The van der Waals surface area contributed by atoms with E-state index < -0.39 is 0 Å². The Labute approximate surface area is 146 Å². The van der Waals surface area contributed by atoms with Crippen LogP contribution in [0.4, 0.5) is 0 Å². The van der Waals surface area contributed by atoms with E-state index in [0.29, 0.717) is 24.3 Å². The number of hydrogen-bond acceptors (Lipinski definition) is 4. The minimum absolute atomic E-state index is 0.0648. The molecule has 0 saturated carbocycles. The minimum atomic E-state index is -0.352. The van der Waals surface area contributed by atoms with Crippen molar-refractivity contribution in [2.75, 3.05) is 20.1 Å². The van der Waals surface area contributed by atoms with Gasteiger partial charge in [0.15, 0.2) is 0 Å². The first kappa shape index (κ1) is 17.1. The van der Waals surface area contributed by atoms with Crippen molar-refractivity contribution >= 4 is 11.8 Å². The van der Waals surface area contributed by atoms with Crippen LogP contribution in [0, 0.1) is 6.92 Å². The van der Waals surface area contributed by atoms with Crippen LogP contribution in [0.2, 0.25) is 0 Å². The topological polar surface area (TPSA) is 91.0 Å². The first-order valence-electron chi connectivity index (χ1n) is 8.43. The van der Waals surface area contributed by atoms with Gasteiger partial charge < -0.3 is 10.2 Å². The summed E-state index contributed by atoms with van der Waals surface area (Å²) in [7, 11) is 1.60. The van der Waals surface area contributed by atoms with Crippen LogP contribution in [-0.2, 0) is 5.41 Å². The van der Waals surface area contributed by atoms with Crippen LogP contribution < -0.4 is 5.32 Å². The van der Waals surface area contributed by atoms with Crippen LogP contribution >= 0.6 is 0 Å². The van der Waals surface area contributed by atoms with E-state index in [2.05, 4.69) is 27.4 Å². The number of hydrogen-bond donors (Lipinski definition) is 2. The summed E-state index contributed by atoms with van der Waals surface area (Å²) in [5.41, 5.74) is 2.32. The third-order valence-electron chi connectivity index (χ3n) is 4.91. The van der Waals surface area contributed by atoms with Crippen molar-refractivity contribution in [2.24, 2.45) is 0 Å². The van der Waals surface area contributed by atoms with Crippen molar-refractivity contribution in [3.8, 4) is 0 Å². The highest BCUT2D eigenvalue weighted by Gasteiger charge is 2.39.